The van der Waals surface area contributed by atoms with Crippen molar-refractivity contribution in [2.24, 2.45) is 10.9 Å². The van der Waals surface area contributed by atoms with Crippen molar-refractivity contribution >= 4 is 5.84 Å². The van der Waals surface area contributed by atoms with Gasteiger partial charge in [-0.1, -0.05) is 5.16 Å². The van der Waals surface area contributed by atoms with Crippen LogP contribution in [-0.2, 0) is 0 Å². The minimum atomic E-state index is 0.0188. The molecule has 6 nitrogen and oxygen atoms in total. The van der Waals surface area contributed by atoms with Gasteiger partial charge in [0.15, 0.2) is 5.84 Å². The van der Waals surface area contributed by atoms with E-state index in [2.05, 4.69) is 10.1 Å². The van der Waals surface area contributed by atoms with Crippen LogP contribution in [0.1, 0.15) is 12.0 Å². The van der Waals surface area contributed by atoms with Crippen LogP contribution in [0.3, 0.4) is 0 Å². The van der Waals surface area contributed by atoms with Crippen molar-refractivity contribution in [3.8, 4) is 11.5 Å². The fourth-order valence-electron chi connectivity index (χ4n) is 1.58. The average molecular weight is 267 g/mol. The molecule has 0 spiro atoms. The molecule has 0 amide bonds. The summed E-state index contributed by atoms with van der Waals surface area (Å²) in [6, 6.07) is 5.16. The molecule has 1 aromatic rings. The molecule has 0 aliphatic carbocycles. The summed E-state index contributed by atoms with van der Waals surface area (Å²) >= 11 is 0. The summed E-state index contributed by atoms with van der Waals surface area (Å²) in [7, 11) is 5.59. The summed E-state index contributed by atoms with van der Waals surface area (Å²) in [4.78, 5) is 2.08. The molecule has 0 aliphatic heterocycles. The molecule has 1 aromatic carbocycles. The Morgan fingerprint density at radius 3 is 2.74 bits per heavy atom. The Balaban J connectivity index is 2.77. The lowest BCUT2D eigenvalue weighted by molar-refractivity contribution is 0.279. The Morgan fingerprint density at radius 2 is 2.16 bits per heavy atom. The van der Waals surface area contributed by atoms with Crippen molar-refractivity contribution < 1.29 is 14.7 Å². The Morgan fingerprint density at radius 1 is 1.42 bits per heavy atom. The van der Waals surface area contributed by atoms with Crippen molar-refractivity contribution in [3.05, 3.63) is 23.8 Å². The van der Waals surface area contributed by atoms with Gasteiger partial charge < -0.3 is 25.3 Å². The molecule has 0 fully saturated rings. The van der Waals surface area contributed by atoms with Gasteiger partial charge in [-0.2, -0.15) is 0 Å². The molecule has 6 heteroatoms. The van der Waals surface area contributed by atoms with E-state index in [4.69, 9.17) is 20.4 Å². The van der Waals surface area contributed by atoms with Gasteiger partial charge in [0.05, 0.1) is 19.3 Å². The second-order valence-corrected chi connectivity index (χ2v) is 4.35. The Kier molecular flexibility index (Phi) is 5.95. The summed E-state index contributed by atoms with van der Waals surface area (Å²) < 4.78 is 10.8. The Labute approximate surface area is 113 Å². The van der Waals surface area contributed by atoms with Crippen LogP contribution in [0.4, 0.5) is 0 Å². The predicted octanol–water partition coefficient (Wildman–Crippen LogP) is 1.12. The summed E-state index contributed by atoms with van der Waals surface area (Å²) in [6.07, 6.45) is 0.889. The topological polar surface area (TPSA) is 80.3 Å². The lowest BCUT2D eigenvalue weighted by Gasteiger charge is -2.13. The molecular formula is C13H21N3O3. The van der Waals surface area contributed by atoms with Crippen LogP contribution in [0, 0.1) is 0 Å². The molecule has 0 saturated carbocycles. The molecule has 0 unspecified atom stereocenters. The number of methoxy groups -OCH3 is 1. The van der Waals surface area contributed by atoms with Gasteiger partial charge in [0.25, 0.3) is 0 Å². The van der Waals surface area contributed by atoms with Crippen LogP contribution < -0.4 is 15.2 Å². The van der Waals surface area contributed by atoms with Gasteiger partial charge in [0.2, 0.25) is 0 Å². The van der Waals surface area contributed by atoms with E-state index >= 15 is 0 Å². The monoisotopic (exact) mass is 267 g/mol. The van der Waals surface area contributed by atoms with Gasteiger partial charge in [-0.25, -0.2) is 0 Å². The number of hydrogen-bond donors (Lipinski definition) is 2. The zero-order chi connectivity index (χ0) is 14.3. The molecule has 19 heavy (non-hydrogen) atoms. The Hall–Kier alpha value is -1.95. The van der Waals surface area contributed by atoms with Gasteiger partial charge in [0, 0.05) is 12.6 Å². The molecular weight excluding hydrogens is 246 g/mol. The van der Waals surface area contributed by atoms with Gasteiger partial charge in [-0.15, -0.1) is 0 Å². The number of nitrogens with two attached hydrogens (primary N) is 1. The highest BCUT2D eigenvalue weighted by Gasteiger charge is 2.10. The molecule has 0 saturated heterocycles. The van der Waals surface area contributed by atoms with E-state index in [1.54, 1.807) is 25.3 Å². The first-order valence-corrected chi connectivity index (χ1v) is 6.02. The summed E-state index contributed by atoms with van der Waals surface area (Å²) in [5, 5.41) is 11.7. The highest BCUT2D eigenvalue weighted by Crippen LogP contribution is 2.24. The third kappa shape index (κ3) is 4.67. The lowest BCUT2D eigenvalue weighted by Crippen LogP contribution is -2.17. The first-order valence-electron chi connectivity index (χ1n) is 6.02. The molecule has 0 atom stereocenters. The van der Waals surface area contributed by atoms with Crippen LogP contribution in [0.25, 0.3) is 0 Å². The number of ether oxygens (including phenoxy) is 2. The summed E-state index contributed by atoms with van der Waals surface area (Å²) in [5.74, 6) is 1.23. The van der Waals surface area contributed by atoms with Gasteiger partial charge in [-0.05, 0) is 32.6 Å². The fourth-order valence-corrected chi connectivity index (χ4v) is 1.58. The minimum Gasteiger partial charge on any atom is -0.497 e. The zero-order valence-electron chi connectivity index (χ0n) is 11.6. The molecule has 106 valence electrons. The molecule has 0 heterocycles. The normalized spacial score (nSPS) is 11.7. The van der Waals surface area contributed by atoms with E-state index < -0.39 is 0 Å². The number of amidine groups is 1. The van der Waals surface area contributed by atoms with Crippen molar-refractivity contribution in [2.45, 2.75) is 6.42 Å². The van der Waals surface area contributed by atoms with E-state index in [1.807, 2.05) is 14.1 Å². The molecule has 0 aromatic heterocycles. The maximum absolute atomic E-state index is 8.75. The Bertz CT molecular complexity index is 433. The second-order valence-electron chi connectivity index (χ2n) is 4.35. The number of nitrogens with zero attached hydrogens (tertiary/aromatic N) is 2. The molecule has 3 N–H and O–H groups in total. The van der Waals surface area contributed by atoms with E-state index in [0.29, 0.717) is 23.7 Å². The van der Waals surface area contributed by atoms with Crippen LogP contribution in [0.5, 0.6) is 11.5 Å². The van der Waals surface area contributed by atoms with Crippen LogP contribution in [-0.4, -0.2) is 50.3 Å². The van der Waals surface area contributed by atoms with Crippen LogP contribution in [0.2, 0.25) is 0 Å². The third-order valence-electron chi connectivity index (χ3n) is 2.58. The predicted molar refractivity (Wildman–Crippen MR) is 74.2 cm³/mol. The van der Waals surface area contributed by atoms with E-state index in [9.17, 15) is 0 Å². The summed E-state index contributed by atoms with van der Waals surface area (Å²) in [5.41, 5.74) is 6.16. The van der Waals surface area contributed by atoms with Gasteiger partial charge >= 0.3 is 0 Å². The first-order chi connectivity index (χ1) is 9.08. The van der Waals surface area contributed by atoms with Crippen molar-refractivity contribution in [2.75, 3.05) is 34.4 Å². The maximum Gasteiger partial charge on any atom is 0.173 e. The van der Waals surface area contributed by atoms with Crippen molar-refractivity contribution in [1.82, 2.24) is 4.90 Å². The molecule has 0 bridgehead atoms. The first kappa shape index (κ1) is 15.1. The van der Waals surface area contributed by atoms with E-state index in [0.717, 1.165) is 13.0 Å². The smallest absolute Gasteiger partial charge is 0.173 e. The lowest BCUT2D eigenvalue weighted by atomic mass is 10.1. The molecule has 0 aliphatic rings. The SMILES string of the molecule is COc1ccc(/C(N)=N/O)c(OCCCN(C)C)c1. The van der Waals surface area contributed by atoms with E-state index in [-0.39, 0.29) is 5.84 Å². The second kappa shape index (κ2) is 7.48. The van der Waals surface area contributed by atoms with Crippen LogP contribution >= 0.6 is 0 Å². The number of rotatable bonds is 7. The number of benzene rings is 1. The zero-order valence-corrected chi connectivity index (χ0v) is 11.6. The standard InChI is InChI=1S/C13H21N3O3/c1-16(2)7-4-8-19-12-9-10(18-3)5-6-11(12)13(14)15-17/h5-6,9,17H,4,7-8H2,1-3H3,(H2,14,15). The van der Waals surface area contributed by atoms with E-state index in [1.165, 1.54) is 0 Å². The number of oxime groups is 1. The highest BCUT2D eigenvalue weighted by atomic mass is 16.5. The van der Waals surface area contributed by atoms with Gasteiger partial charge in [-0.3, -0.25) is 0 Å². The fraction of sp³-hybridized carbons (Fsp3) is 0.462. The molecule has 1 rings (SSSR count). The largest absolute Gasteiger partial charge is 0.497 e. The van der Waals surface area contributed by atoms with Crippen molar-refractivity contribution in [1.29, 1.82) is 0 Å². The molecule has 0 radical (unpaired) electrons. The van der Waals surface area contributed by atoms with Crippen molar-refractivity contribution in [3.63, 3.8) is 0 Å². The van der Waals surface area contributed by atoms with Gasteiger partial charge in [0.1, 0.15) is 11.5 Å². The minimum absolute atomic E-state index is 0.0188. The number of hydrogen-bond acceptors (Lipinski definition) is 5. The van der Waals surface area contributed by atoms with Crippen LogP contribution in [0.15, 0.2) is 23.4 Å². The maximum atomic E-state index is 8.75. The summed E-state index contributed by atoms with van der Waals surface area (Å²) in [6.45, 7) is 1.49. The third-order valence-corrected chi connectivity index (χ3v) is 2.58. The highest BCUT2D eigenvalue weighted by molar-refractivity contribution is 5.99. The quantitative estimate of drug-likeness (QED) is 0.254. The average Bonchev–Trinajstić information content (AvgIpc) is 2.42.